The van der Waals surface area contributed by atoms with Crippen LogP contribution in [0.2, 0.25) is 0 Å². The molecule has 3 atom stereocenters. The first-order valence-electron chi connectivity index (χ1n) is 6.66. The van der Waals surface area contributed by atoms with Crippen molar-refractivity contribution in [2.45, 2.75) is 51.5 Å². The fourth-order valence-corrected chi connectivity index (χ4v) is 2.51. The van der Waals surface area contributed by atoms with Gasteiger partial charge in [-0.05, 0) is 37.5 Å². The summed E-state index contributed by atoms with van der Waals surface area (Å²) in [5, 5.41) is 11.7. The molecule has 17 heavy (non-hydrogen) atoms. The Kier molecular flexibility index (Phi) is 3.69. The van der Waals surface area contributed by atoms with Crippen LogP contribution in [0.5, 0.6) is 0 Å². The SMILES string of the molecule is CCCC[C@H](NC(=O)C1CC1C1CC1)C(=O)O. The molecule has 0 heterocycles. The van der Waals surface area contributed by atoms with Crippen molar-refractivity contribution in [3.8, 4) is 0 Å². The zero-order chi connectivity index (χ0) is 12.4. The van der Waals surface area contributed by atoms with Crippen molar-refractivity contribution in [2.24, 2.45) is 17.8 Å². The molecule has 4 heteroatoms. The van der Waals surface area contributed by atoms with Gasteiger partial charge < -0.3 is 10.4 Å². The lowest BCUT2D eigenvalue weighted by molar-refractivity contribution is -0.142. The molecule has 4 nitrogen and oxygen atoms in total. The normalized spacial score (nSPS) is 28.5. The van der Waals surface area contributed by atoms with Crippen molar-refractivity contribution in [1.82, 2.24) is 5.32 Å². The van der Waals surface area contributed by atoms with E-state index in [0.717, 1.165) is 25.2 Å². The summed E-state index contributed by atoms with van der Waals surface area (Å²) in [5.74, 6) is 0.465. The summed E-state index contributed by atoms with van der Waals surface area (Å²) in [4.78, 5) is 22.8. The summed E-state index contributed by atoms with van der Waals surface area (Å²) in [6.45, 7) is 2.02. The molecule has 0 spiro atoms. The zero-order valence-corrected chi connectivity index (χ0v) is 10.3. The Morgan fingerprint density at radius 3 is 2.65 bits per heavy atom. The van der Waals surface area contributed by atoms with Gasteiger partial charge in [-0.15, -0.1) is 0 Å². The minimum absolute atomic E-state index is 0.0367. The lowest BCUT2D eigenvalue weighted by atomic mass is 10.1. The molecule has 0 aromatic carbocycles. The molecular weight excluding hydrogens is 218 g/mol. The monoisotopic (exact) mass is 239 g/mol. The summed E-state index contributed by atoms with van der Waals surface area (Å²) in [6.07, 6.45) is 5.82. The molecule has 0 bridgehead atoms. The second-order valence-corrected chi connectivity index (χ2v) is 5.39. The summed E-state index contributed by atoms with van der Waals surface area (Å²) in [5.41, 5.74) is 0. The number of unbranched alkanes of at least 4 members (excludes halogenated alkanes) is 1. The molecule has 0 aromatic rings. The van der Waals surface area contributed by atoms with Crippen molar-refractivity contribution in [3.63, 3.8) is 0 Å². The Bertz CT molecular complexity index is 312. The van der Waals surface area contributed by atoms with Crippen molar-refractivity contribution < 1.29 is 14.7 Å². The van der Waals surface area contributed by atoms with Gasteiger partial charge in [0.15, 0.2) is 0 Å². The fraction of sp³-hybridized carbons (Fsp3) is 0.846. The number of carboxylic acids is 1. The number of nitrogens with one attached hydrogen (secondary N) is 1. The van der Waals surface area contributed by atoms with E-state index in [1.807, 2.05) is 6.92 Å². The van der Waals surface area contributed by atoms with Crippen LogP contribution in [-0.2, 0) is 9.59 Å². The van der Waals surface area contributed by atoms with Gasteiger partial charge in [-0.25, -0.2) is 4.79 Å². The van der Waals surface area contributed by atoms with Gasteiger partial charge in [0.05, 0.1) is 0 Å². The third-order valence-corrected chi connectivity index (χ3v) is 3.87. The maximum atomic E-state index is 11.9. The molecule has 96 valence electrons. The third kappa shape index (κ3) is 3.20. The van der Waals surface area contributed by atoms with Crippen LogP contribution in [-0.4, -0.2) is 23.0 Å². The second-order valence-electron chi connectivity index (χ2n) is 5.39. The Balaban J connectivity index is 1.76. The number of hydrogen-bond donors (Lipinski definition) is 2. The molecule has 0 radical (unpaired) electrons. The smallest absolute Gasteiger partial charge is 0.326 e. The predicted molar refractivity (Wildman–Crippen MR) is 63.4 cm³/mol. The first-order valence-corrected chi connectivity index (χ1v) is 6.66. The standard InChI is InChI=1S/C13H21NO3/c1-2-3-4-11(13(16)17)14-12(15)10-7-9(10)8-5-6-8/h8-11H,2-7H2,1H3,(H,14,15)(H,16,17)/t9?,10?,11-/m0/s1. The number of rotatable bonds is 7. The Labute approximate surface area is 102 Å². The van der Waals surface area contributed by atoms with E-state index in [-0.39, 0.29) is 11.8 Å². The summed E-state index contributed by atoms with van der Waals surface area (Å²) in [6, 6.07) is -0.692. The van der Waals surface area contributed by atoms with Crippen molar-refractivity contribution in [2.75, 3.05) is 0 Å². The molecule has 0 saturated heterocycles. The van der Waals surface area contributed by atoms with E-state index >= 15 is 0 Å². The third-order valence-electron chi connectivity index (χ3n) is 3.87. The van der Waals surface area contributed by atoms with E-state index < -0.39 is 12.0 Å². The highest BCUT2D eigenvalue weighted by Crippen LogP contribution is 2.54. The molecular formula is C13H21NO3. The number of hydrogen-bond acceptors (Lipinski definition) is 2. The highest BCUT2D eigenvalue weighted by atomic mass is 16.4. The average Bonchev–Trinajstić information content (AvgIpc) is 3.15. The Morgan fingerprint density at radius 2 is 2.12 bits per heavy atom. The van der Waals surface area contributed by atoms with E-state index in [0.29, 0.717) is 12.3 Å². The molecule has 2 unspecified atom stereocenters. The minimum Gasteiger partial charge on any atom is -0.480 e. The van der Waals surface area contributed by atoms with E-state index in [2.05, 4.69) is 5.32 Å². The van der Waals surface area contributed by atoms with E-state index in [1.54, 1.807) is 0 Å². The highest BCUT2D eigenvalue weighted by molar-refractivity contribution is 5.86. The maximum Gasteiger partial charge on any atom is 0.326 e. The molecule has 2 aliphatic carbocycles. The number of amides is 1. The average molecular weight is 239 g/mol. The van der Waals surface area contributed by atoms with Crippen molar-refractivity contribution in [1.29, 1.82) is 0 Å². The zero-order valence-electron chi connectivity index (χ0n) is 10.3. The van der Waals surface area contributed by atoms with Gasteiger partial charge in [0, 0.05) is 5.92 Å². The van der Waals surface area contributed by atoms with Gasteiger partial charge in [-0.3, -0.25) is 4.79 Å². The van der Waals surface area contributed by atoms with Gasteiger partial charge in [0.2, 0.25) is 5.91 Å². The Hall–Kier alpha value is -1.06. The van der Waals surface area contributed by atoms with E-state index in [1.165, 1.54) is 12.8 Å². The summed E-state index contributed by atoms with van der Waals surface area (Å²) < 4.78 is 0. The first-order chi connectivity index (χ1) is 8.13. The maximum absolute atomic E-state index is 11.9. The number of aliphatic carboxylic acids is 1. The van der Waals surface area contributed by atoms with Gasteiger partial charge in [0.25, 0.3) is 0 Å². The van der Waals surface area contributed by atoms with Crippen LogP contribution in [0.25, 0.3) is 0 Å². The van der Waals surface area contributed by atoms with Crippen LogP contribution in [0.1, 0.15) is 45.4 Å². The number of carbonyl (C=O) groups excluding carboxylic acids is 1. The number of carboxylic acid groups (broad SMARTS) is 1. The molecule has 2 fully saturated rings. The van der Waals surface area contributed by atoms with Crippen molar-refractivity contribution in [3.05, 3.63) is 0 Å². The van der Waals surface area contributed by atoms with E-state index in [4.69, 9.17) is 5.11 Å². The van der Waals surface area contributed by atoms with Gasteiger partial charge in [-0.1, -0.05) is 19.8 Å². The van der Waals surface area contributed by atoms with Crippen LogP contribution in [0.15, 0.2) is 0 Å². The van der Waals surface area contributed by atoms with Gasteiger partial charge in [0.1, 0.15) is 6.04 Å². The first kappa shape index (κ1) is 12.4. The summed E-state index contributed by atoms with van der Waals surface area (Å²) >= 11 is 0. The van der Waals surface area contributed by atoms with Gasteiger partial charge in [-0.2, -0.15) is 0 Å². The van der Waals surface area contributed by atoms with Crippen LogP contribution >= 0.6 is 0 Å². The molecule has 2 rings (SSSR count). The van der Waals surface area contributed by atoms with Crippen LogP contribution in [0.3, 0.4) is 0 Å². The lowest BCUT2D eigenvalue weighted by Crippen LogP contribution is -2.41. The lowest BCUT2D eigenvalue weighted by Gasteiger charge is -2.13. The number of carbonyl (C=O) groups is 2. The van der Waals surface area contributed by atoms with Crippen LogP contribution < -0.4 is 5.32 Å². The molecule has 2 saturated carbocycles. The largest absolute Gasteiger partial charge is 0.480 e. The topological polar surface area (TPSA) is 66.4 Å². The van der Waals surface area contributed by atoms with Crippen LogP contribution in [0.4, 0.5) is 0 Å². The van der Waals surface area contributed by atoms with Gasteiger partial charge >= 0.3 is 5.97 Å². The predicted octanol–water partition coefficient (Wildman–Crippen LogP) is 1.79. The Morgan fingerprint density at radius 1 is 1.41 bits per heavy atom. The summed E-state index contributed by atoms with van der Waals surface area (Å²) in [7, 11) is 0. The van der Waals surface area contributed by atoms with Crippen LogP contribution in [0, 0.1) is 17.8 Å². The molecule has 0 aromatic heterocycles. The quantitative estimate of drug-likeness (QED) is 0.711. The molecule has 0 aliphatic heterocycles. The second kappa shape index (κ2) is 5.07. The highest BCUT2D eigenvalue weighted by Gasteiger charge is 2.51. The minimum atomic E-state index is -0.907. The molecule has 1 amide bonds. The fourth-order valence-electron chi connectivity index (χ4n) is 2.51. The molecule has 2 N–H and O–H groups in total. The molecule has 2 aliphatic rings. The van der Waals surface area contributed by atoms with Crippen molar-refractivity contribution >= 4 is 11.9 Å². The van der Waals surface area contributed by atoms with E-state index in [9.17, 15) is 9.59 Å².